The summed E-state index contributed by atoms with van der Waals surface area (Å²) in [5.41, 5.74) is 0.342. The summed E-state index contributed by atoms with van der Waals surface area (Å²) in [6.45, 7) is 1.29. The number of amides is 2. The van der Waals surface area contributed by atoms with E-state index < -0.39 is 23.8 Å². The average Bonchev–Trinajstić information content (AvgIpc) is 3.07. The minimum atomic E-state index is -1.41. The first-order valence-electron chi connectivity index (χ1n) is 7.10. The molecule has 2 amide bonds. The van der Waals surface area contributed by atoms with Gasteiger partial charge in [0.2, 0.25) is 0 Å². The molecule has 6 nitrogen and oxygen atoms in total. The maximum atomic E-state index is 12.3. The van der Waals surface area contributed by atoms with Crippen LogP contribution < -0.4 is 15.7 Å². The molecule has 0 aliphatic rings. The molecule has 0 saturated heterocycles. The fourth-order valence-electron chi connectivity index (χ4n) is 1.79. The number of hydrogen-bond donors (Lipinski definition) is 2. The minimum absolute atomic E-state index is 0.0422. The van der Waals surface area contributed by atoms with Crippen molar-refractivity contribution in [3.63, 3.8) is 0 Å². The first kappa shape index (κ1) is 17.4. The quantitative estimate of drug-likeness (QED) is 0.757. The topological polar surface area (TPSA) is 98.3 Å². The van der Waals surface area contributed by atoms with E-state index in [4.69, 9.17) is 0 Å². The van der Waals surface area contributed by atoms with Crippen molar-refractivity contribution < 1.29 is 19.5 Å². The third-order valence-electron chi connectivity index (χ3n) is 3.06. The van der Waals surface area contributed by atoms with E-state index in [0.29, 0.717) is 5.56 Å². The molecule has 124 valence electrons. The summed E-state index contributed by atoms with van der Waals surface area (Å²) in [5.74, 6) is -2.58. The van der Waals surface area contributed by atoms with Crippen LogP contribution in [0.15, 0.2) is 53.5 Å². The number of aliphatic carboxylic acids is 1. The van der Waals surface area contributed by atoms with Crippen molar-refractivity contribution in [1.29, 1.82) is 0 Å². The molecule has 0 saturated carbocycles. The van der Waals surface area contributed by atoms with Crippen molar-refractivity contribution in [2.24, 2.45) is 0 Å². The highest BCUT2D eigenvalue weighted by molar-refractivity contribution is 7.10. The number of carboxylic acids is 1. The SMILES string of the molecule is C[C@@H](NC(=O)/C(=C\c1cccs1)NC(=O)c1ccccc1)C(=O)[O-]. The van der Waals surface area contributed by atoms with Crippen LogP contribution in [0.4, 0.5) is 0 Å². The molecule has 0 spiro atoms. The number of carbonyl (C=O) groups excluding carboxylic acids is 3. The Morgan fingerprint density at radius 2 is 1.83 bits per heavy atom. The minimum Gasteiger partial charge on any atom is -0.548 e. The van der Waals surface area contributed by atoms with E-state index in [2.05, 4.69) is 10.6 Å². The molecule has 1 atom stereocenters. The number of carboxylic acid groups (broad SMARTS) is 1. The van der Waals surface area contributed by atoms with E-state index in [1.165, 1.54) is 24.3 Å². The fourth-order valence-corrected chi connectivity index (χ4v) is 2.45. The Hall–Kier alpha value is -2.93. The largest absolute Gasteiger partial charge is 0.548 e. The van der Waals surface area contributed by atoms with Crippen molar-refractivity contribution in [1.82, 2.24) is 10.6 Å². The summed E-state index contributed by atoms with van der Waals surface area (Å²) in [5, 5.41) is 17.4. The van der Waals surface area contributed by atoms with Crippen molar-refractivity contribution in [3.8, 4) is 0 Å². The Kier molecular flexibility index (Phi) is 5.86. The Balaban J connectivity index is 2.22. The number of benzene rings is 1. The van der Waals surface area contributed by atoms with Gasteiger partial charge < -0.3 is 20.5 Å². The zero-order valence-electron chi connectivity index (χ0n) is 12.8. The van der Waals surface area contributed by atoms with Crippen LogP contribution in [0.5, 0.6) is 0 Å². The van der Waals surface area contributed by atoms with Crippen LogP contribution in [0.3, 0.4) is 0 Å². The van der Waals surface area contributed by atoms with Crippen LogP contribution in [0.2, 0.25) is 0 Å². The molecular formula is C17H15N2O4S-. The van der Waals surface area contributed by atoms with Gasteiger partial charge in [0.25, 0.3) is 11.8 Å². The third kappa shape index (κ3) is 4.79. The van der Waals surface area contributed by atoms with Crippen LogP contribution in [0, 0.1) is 0 Å². The molecule has 0 aliphatic heterocycles. The molecule has 2 N–H and O–H groups in total. The maximum absolute atomic E-state index is 12.3. The maximum Gasteiger partial charge on any atom is 0.268 e. The van der Waals surface area contributed by atoms with Gasteiger partial charge in [0.05, 0.1) is 12.0 Å². The van der Waals surface area contributed by atoms with Gasteiger partial charge in [-0.15, -0.1) is 11.3 Å². The predicted octanol–water partition coefficient (Wildman–Crippen LogP) is 0.774. The Labute approximate surface area is 142 Å². The van der Waals surface area contributed by atoms with E-state index in [9.17, 15) is 19.5 Å². The van der Waals surface area contributed by atoms with Crippen LogP contribution in [-0.4, -0.2) is 23.8 Å². The van der Waals surface area contributed by atoms with Gasteiger partial charge in [-0.05, 0) is 36.6 Å². The molecule has 1 heterocycles. The van der Waals surface area contributed by atoms with Gasteiger partial charge in [-0.3, -0.25) is 9.59 Å². The van der Waals surface area contributed by atoms with Crippen LogP contribution in [0.25, 0.3) is 6.08 Å². The molecule has 0 unspecified atom stereocenters. The first-order valence-corrected chi connectivity index (χ1v) is 7.98. The number of nitrogens with one attached hydrogen (secondary N) is 2. The lowest BCUT2D eigenvalue weighted by atomic mass is 10.2. The second-order valence-corrected chi connectivity index (χ2v) is 5.89. The summed E-state index contributed by atoms with van der Waals surface area (Å²) in [6, 6.07) is 10.8. The summed E-state index contributed by atoms with van der Waals surface area (Å²) in [4.78, 5) is 36.1. The van der Waals surface area contributed by atoms with E-state index in [0.717, 1.165) is 4.88 Å². The van der Waals surface area contributed by atoms with Gasteiger partial charge >= 0.3 is 0 Å². The van der Waals surface area contributed by atoms with Gasteiger partial charge in [0, 0.05) is 10.4 Å². The number of carbonyl (C=O) groups is 3. The van der Waals surface area contributed by atoms with E-state index in [1.807, 2.05) is 5.38 Å². The lowest BCUT2D eigenvalue weighted by Gasteiger charge is -2.16. The monoisotopic (exact) mass is 343 g/mol. The number of hydrogen-bond acceptors (Lipinski definition) is 5. The molecule has 0 aliphatic carbocycles. The highest BCUT2D eigenvalue weighted by atomic mass is 32.1. The lowest BCUT2D eigenvalue weighted by Crippen LogP contribution is -2.48. The molecule has 2 aromatic rings. The molecule has 0 radical (unpaired) electrons. The highest BCUT2D eigenvalue weighted by Crippen LogP contribution is 2.13. The Bertz CT molecular complexity index is 754. The molecule has 0 fully saturated rings. The van der Waals surface area contributed by atoms with Gasteiger partial charge in [-0.1, -0.05) is 24.3 Å². The molecule has 1 aromatic carbocycles. The number of rotatable bonds is 6. The molecule has 1 aromatic heterocycles. The van der Waals surface area contributed by atoms with Crippen LogP contribution in [-0.2, 0) is 9.59 Å². The lowest BCUT2D eigenvalue weighted by molar-refractivity contribution is -0.307. The van der Waals surface area contributed by atoms with Crippen molar-refractivity contribution in [2.75, 3.05) is 0 Å². The second-order valence-electron chi connectivity index (χ2n) is 4.91. The highest BCUT2D eigenvalue weighted by Gasteiger charge is 2.17. The van der Waals surface area contributed by atoms with Crippen molar-refractivity contribution >= 4 is 35.2 Å². The first-order chi connectivity index (χ1) is 11.5. The fraction of sp³-hybridized carbons (Fsp3) is 0.118. The van der Waals surface area contributed by atoms with Gasteiger partial charge in [-0.25, -0.2) is 0 Å². The summed E-state index contributed by atoms with van der Waals surface area (Å²) < 4.78 is 0. The summed E-state index contributed by atoms with van der Waals surface area (Å²) >= 11 is 1.38. The molecular weight excluding hydrogens is 328 g/mol. The normalized spacial score (nSPS) is 12.3. The van der Waals surface area contributed by atoms with Crippen LogP contribution in [0.1, 0.15) is 22.2 Å². The van der Waals surface area contributed by atoms with Gasteiger partial charge in [-0.2, -0.15) is 0 Å². The van der Waals surface area contributed by atoms with Crippen LogP contribution >= 0.6 is 11.3 Å². The molecule has 7 heteroatoms. The smallest absolute Gasteiger partial charge is 0.268 e. The molecule has 24 heavy (non-hydrogen) atoms. The van der Waals surface area contributed by atoms with E-state index in [1.54, 1.807) is 42.5 Å². The summed E-state index contributed by atoms with van der Waals surface area (Å²) in [7, 11) is 0. The van der Waals surface area contributed by atoms with Crippen molar-refractivity contribution in [2.45, 2.75) is 13.0 Å². The van der Waals surface area contributed by atoms with E-state index >= 15 is 0 Å². The Morgan fingerprint density at radius 1 is 1.12 bits per heavy atom. The predicted molar refractivity (Wildman–Crippen MR) is 88.8 cm³/mol. The Morgan fingerprint density at radius 3 is 2.42 bits per heavy atom. The zero-order chi connectivity index (χ0) is 17.5. The standard InChI is InChI=1S/C17H16N2O4S/c1-11(17(22)23)18-16(21)14(10-13-8-5-9-24-13)19-15(20)12-6-3-2-4-7-12/h2-11H,1H3,(H,18,21)(H,19,20)(H,22,23)/p-1/b14-10+/t11-/m1/s1. The summed E-state index contributed by atoms with van der Waals surface area (Å²) in [6.07, 6.45) is 1.49. The second kappa shape index (κ2) is 8.07. The van der Waals surface area contributed by atoms with Gasteiger partial charge in [0.15, 0.2) is 0 Å². The third-order valence-corrected chi connectivity index (χ3v) is 3.88. The molecule has 2 rings (SSSR count). The van der Waals surface area contributed by atoms with Gasteiger partial charge in [0.1, 0.15) is 5.70 Å². The zero-order valence-corrected chi connectivity index (χ0v) is 13.6. The van der Waals surface area contributed by atoms with Crippen molar-refractivity contribution in [3.05, 3.63) is 64.0 Å². The van der Waals surface area contributed by atoms with E-state index in [-0.39, 0.29) is 5.70 Å². The number of thiophene rings is 1. The average molecular weight is 343 g/mol. The molecule has 0 bridgehead atoms.